The number of hydrogen-bond donors (Lipinski definition) is 1. The minimum Gasteiger partial charge on any atom is -0.480 e. The van der Waals surface area contributed by atoms with Crippen molar-refractivity contribution in [3.63, 3.8) is 0 Å². The number of halogens is 3. The van der Waals surface area contributed by atoms with Crippen LogP contribution in [0, 0.1) is 0 Å². The van der Waals surface area contributed by atoms with Crippen LogP contribution in [0.1, 0.15) is 19.5 Å². The monoisotopic (exact) mass is 498 g/mol. The van der Waals surface area contributed by atoms with Crippen LogP contribution in [0.2, 0.25) is 0 Å². The van der Waals surface area contributed by atoms with Gasteiger partial charge in [-0.05, 0) is 31.5 Å². The Kier molecular flexibility index (Phi) is 7.48. The van der Waals surface area contributed by atoms with Crippen LogP contribution in [0.3, 0.4) is 0 Å². The summed E-state index contributed by atoms with van der Waals surface area (Å²) < 4.78 is 40.5. The summed E-state index contributed by atoms with van der Waals surface area (Å²) in [7, 11) is 1.84. The lowest BCUT2D eigenvalue weighted by Gasteiger charge is -2.17. The van der Waals surface area contributed by atoms with Gasteiger partial charge in [0.05, 0.1) is 5.69 Å². The first-order valence-corrected chi connectivity index (χ1v) is 11.4. The average Bonchev–Trinajstić information content (AvgIpc) is 3.18. The van der Waals surface area contributed by atoms with Gasteiger partial charge in [0.25, 0.3) is 0 Å². The maximum atomic E-state index is 12.3. The second kappa shape index (κ2) is 9.96. The van der Waals surface area contributed by atoms with Crippen LogP contribution in [-0.2, 0) is 11.2 Å². The van der Waals surface area contributed by atoms with Crippen LogP contribution in [0.5, 0.6) is 5.75 Å². The van der Waals surface area contributed by atoms with E-state index in [1.165, 1.54) is 47.4 Å². The predicted octanol–water partition coefficient (Wildman–Crippen LogP) is 5.13. The zero-order valence-corrected chi connectivity index (χ0v) is 19.6. The molecule has 33 heavy (non-hydrogen) atoms. The summed E-state index contributed by atoms with van der Waals surface area (Å²) in [6, 6.07) is 5.49. The number of hydrogen-bond acceptors (Lipinski definition) is 8. The zero-order chi connectivity index (χ0) is 24.2. The molecule has 2 aromatic heterocycles. The Morgan fingerprint density at radius 2 is 1.79 bits per heavy atom. The molecule has 1 aromatic carbocycles. The van der Waals surface area contributed by atoms with Crippen LogP contribution in [-0.4, -0.2) is 50.7 Å². The second-order valence-corrected chi connectivity index (χ2v) is 10.3. The Hall–Kier alpha value is -2.86. The third-order valence-corrected chi connectivity index (χ3v) is 6.66. The van der Waals surface area contributed by atoms with E-state index in [0.717, 1.165) is 5.69 Å². The lowest BCUT2D eigenvalue weighted by Crippen LogP contribution is -2.26. The predicted molar refractivity (Wildman–Crippen MR) is 121 cm³/mol. The van der Waals surface area contributed by atoms with Gasteiger partial charge >= 0.3 is 12.3 Å². The quantitative estimate of drug-likeness (QED) is 0.406. The number of thiazole rings is 1. The molecule has 0 bridgehead atoms. The van der Waals surface area contributed by atoms with E-state index in [2.05, 4.69) is 19.7 Å². The molecule has 0 atom stereocenters. The van der Waals surface area contributed by atoms with Gasteiger partial charge in [-0.1, -0.05) is 23.9 Å². The molecule has 3 aromatic rings. The fourth-order valence-corrected chi connectivity index (χ4v) is 4.84. The summed E-state index contributed by atoms with van der Waals surface area (Å²) in [5.41, 5.74) is 2.18. The van der Waals surface area contributed by atoms with Gasteiger partial charge in [-0.25, -0.2) is 15.0 Å². The van der Waals surface area contributed by atoms with Crippen molar-refractivity contribution in [1.29, 1.82) is 0 Å². The van der Waals surface area contributed by atoms with Crippen molar-refractivity contribution in [2.45, 2.75) is 35.7 Å². The lowest BCUT2D eigenvalue weighted by molar-refractivity contribution is -0.274. The van der Waals surface area contributed by atoms with Crippen LogP contribution < -0.4 is 9.64 Å². The number of carbonyl (C=O) groups is 1. The number of anilines is 1. The fraction of sp³-hybridized carbons (Fsp3) is 0.333. The highest BCUT2D eigenvalue weighted by atomic mass is 32.2. The first kappa shape index (κ1) is 24.8. The largest absolute Gasteiger partial charge is 0.573 e. The minimum atomic E-state index is -4.73. The SMILES string of the molecule is CN(CCc1csc(SC(C)(C)C(=O)O)n1)c1ncc(-c2ccc(OC(F)(F)F)cc2)cn1. The van der Waals surface area contributed by atoms with Gasteiger partial charge < -0.3 is 14.7 Å². The number of likely N-dealkylation sites (N-methyl/N-ethyl adjacent to an activating group) is 1. The van der Waals surface area contributed by atoms with Crippen LogP contribution >= 0.6 is 23.1 Å². The zero-order valence-electron chi connectivity index (χ0n) is 18.0. The topological polar surface area (TPSA) is 88.4 Å². The lowest BCUT2D eigenvalue weighted by atomic mass is 10.1. The standard InChI is InChI=1S/C21H21F3N4O3S2/c1-20(2,17(29)30)33-19-27-15(12-32-19)8-9-28(3)18-25-10-14(11-26-18)13-4-6-16(7-5-13)31-21(22,23)24/h4-7,10-12H,8-9H2,1-3H3,(H,29,30). The van der Waals surface area contributed by atoms with Crippen molar-refractivity contribution in [3.8, 4) is 16.9 Å². The van der Waals surface area contributed by atoms with E-state index in [-0.39, 0.29) is 5.75 Å². The molecule has 176 valence electrons. The molecule has 12 heteroatoms. The number of aromatic nitrogens is 3. The summed E-state index contributed by atoms with van der Waals surface area (Å²) in [4.78, 5) is 26.3. The number of ether oxygens (including phenoxy) is 1. The molecule has 7 nitrogen and oxygen atoms in total. The maximum absolute atomic E-state index is 12.3. The summed E-state index contributed by atoms with van der Waals surface area (Å²) in [5.74, 6) is -0.693. The van der Waals surface area contributed by atoms with Crippen molar-refractivity contribution >= 4 is 35.0 Å². The molecule has 0 radical (unpaired) electrons. The van der Waals surface area contributed by atoms with Gasteiger partial charge in [-0.3, -0.25) is 4.79 Å². The highest BCUT2D eigenvalue weighted by molar-refractivity contribution is 8.02. The molecule has 0 aliphatic carbocycles. The fourth-order valence-electron chi connectivity index (χ4n) is 2.61. The van der Waals surface area contributed by atoms with Crippen molar-refractivity contribution in [1.82, 2.24) is 15.0 Å². The summed E-state index contributed by atoms with van der Waals surface area (Å²) in [6.45, 7) is 3.88. The van der Waals surface area contributed by atoms with Gasteiger partial charge in [0, 0.05) is 43.4 Å². The molecule has 0 aliphatic rings. The Balaban J connectivity index is 1.56. The van der Waals surface area contributed by atoms with Gasteiger partial charge in [-0.15, -0.1) is 24.5 Å². The Morgan fingerprint density at radius 1 is 1.15 bits per heavy atom. The number of carboxylic acids is 1. The first-order chi connectivity index (χ1) is 15.4. The van der Waals surface area contributed by atoms with Gasteiger partial charge in [-0.2, -0.15) is 0 Å². The number of benzene rings is 1. The smallest absolute Gasteiger partial charge is 0.480 e. The number of alkyl halides is 3. The van der Waals surface area contributed by atoms with E-state index in [4.69, 9.17) is 0 Å². The normalized spacial score (nSPS) is 11.9. The summed E-state index contributed by atoms with van der Waals surface area (Å²) in [6.07, 6.45) is -0.897. The molecule has 3 rings (SSSR count). The molecule has 0 spiro atoms. The van der Waals surface area contributed by atoms with Gasteiger partial charge in [0.2, 0.25) is 5.95 Å². The van der Waals surface area contributed by atoms with Crippen LogP contribution in [0.15, 0.2) is 46.4 Å². The third kappa shape index (κ3) is 7.06. The van der Waals surface area contributed by atoms with Crippen molar-refractivity contribution < 1.29 is 27.8 Å². The maximum Gasteiger partial charge on any atom is 0.573 e. The molecule has 0 saturated heterocycles. The molecule has 1 N–H and O–H groups in total. The van der Waals surface area contributed by atoms with E-state index < -0.39 is 17.1 Å². The van der Waals surface area contributed by atoms with E-state index in [0.29, 0.717) is 34.4 Å². The average molecular weight is 499 g/mol. The highest BCUT2D eigenvalue weighted by Gasteiger charge is 2.31. The van der Waals surface area contributed by atoms with Gasteiger partial charge in [0.1, 0.15) is 10.5 Å². The second-order valence-electron chi connectivity index (χ2n) is 7.54. The summed E-state index contributed by atoms with van der Waals surface area (Å²) >= 11 is 2.63. The molecule has 2 heterocycles. The Bertz CT molecular complexity index is 1090. The molecule has 0 amide bonds. The molecular weight excluding hydrogens is 477 g/mol. The van der Waals surface area contributed by atoms with Gasteiger partial charge in [0.15, 0.2) is 4.34 Å². The van der Waals surface area contributed by atoms with Crippen molar-refractivity contribution in [3.05, 3.63) is 47.7 Å². The number of carboxylic acid groups (broad SMARTS) is 1. The molecule has 0 saturated carbocycles. The highest BCUT2D eigenvalue weighted by Crippen LogP contribution is 2.34. The summed E-state index contributed by atoms with van der Waals surface area (Å²) in [5, 5.41) is 11.2. The van der Waals surface area contributed by atoms with Crippen LogP contribution in [0.25, 0.3) is 11.1 Å². The molecule has 0 unspecified atom stereocenters. The van der Waals surface area contributed by atoms with E-state index in [1.807, 2.05) is 17.3 Å². The minimum absolute atomic E-state index is 0.293. The molecule has 0 fully saturated rings. The number of rotatable bonds is 9. The number of aliphatic carboxylic acids is 1. The van der Waals surface area contributed by atoms with Crippen molar-refractivity contribution in [2.24, 2.45) is 0 Å². The van der Waals surface area contributed by atoms with Crippen molar-refractivity contribution in [2.75, 3.05) is 18.5 Å². The first-order valence-electron chi connectivity index (χ1n) is 9.69. The number of thioether (sulfide) groups is 1. The number of nitrogens with zero attached hydrogens (tertiary/aromatic N) is 4. The van der Waals surface area contributed by atoms with E-state index in [1.54, 1.807) is 26.2 Å². The van der Waals surface area contributed by atoms with E-state index in [9.17, 15) is 23.1 Å². The van der Waals surface area contributed by atoms with Crippen LogP contribution in [0.4, 0.5) is 19.1 Å². The van der Waals surface area contributed by atoms with E-state index >= 15 is 0 Å². The molecule has 0 aliphatic heterocycles. The third-order valence-electron chi connectivity index (χ3n) is 4.49. The Morgan fingerprint density at radius 3 is 2.36 bits per heavy atom. The molecular formula is C21H21F3N4O3S2. The Labute approximate surface area is 196 Å².